The van der Waals surface area contributed by atoms with Crippen molar-refractivity contribution in [2.75, 3.05) is 5.32 Å². The van der Waals surface area contributed by atoms with Crippen molar-refractivity contribution in [2.45, 2.75) is 32.2 Å². The highest BCUT2D eigenvalue weighted by atomic mass is 79.9. The Morgan fingerprint density at radius 1 is 1.53 bits per heavy atom. The van der Waals surface area contributed by atoms with Crippen LogP contribution in [0.2, 0.25) is 5.02 Å². The molecule has 1 aromatic rings. The van der Waals surface area contributed by atoms with Crippen molar-refractivity contribution < 1.29 is 0 Å². The third-order valence-electron chi connectivity index (χ3n) is 2.99. The average molecular weight is 290 g/mol. The smallest absolute Gasteiger partial charge is 0.145 e. The van der Waals surface area contributed by atoms with Crippen LogP contribution in [0.1, 0.15) is 26.2 Å². The van der Waals surface area contributed by atoms with Crippen LogP contribution in [-0.4, -0.2) is 11.0 Å². The van der Waals surface area contributed by atoms with E-state index >= 15 is 0 Å². The summed E-state index contributed by atoms with van der Waals surface area (Å²) < 4.78 is 0.914. The molecule has 1 aromatic heterocycles. The summed E-state index contributed by atoms with van der Waals surface area (Å²) in [5.41, 5.74) is 0. The predicted octanol–water partition coefficient (Wildman–Crippen LogP) is 4.10. The lowest BCUT2D eigenvalue weighted by Gasteiger charge is -2.18. The van der Waals surface area contributed by atoms with Gasteiger partial charge in [-0.25, -0.2) is 4.98 Å². The maximum absolute atomic E-state index is 6.10. The lowest BCUT2D eigenvalue weighted by Crippen LogP contribution is -2.22. The maximum atomic E-state index is 6.10. The number of aromatic nitrogens is 1. The van der Waals surface area contributed by atoms with Gasteiger partial charge in [-0.05, 0) is 40.8 Å². The summed E-state index contributed by atoms with van der Waals surface area (Å²) >= 11 is 9.45. The highest BCUT2D eigenvalue weighted by molar-refractivity contribution is 9.10. The van der Waals surface area contributed by atoms with Gasteiger partial charge in [-0.2, -0.15) is 0 Å². The van der Waals surface area contributed by atoms with Crippen LogP contribution in [-0.2, 0) is 0 Å². The van der Waals surface area contributed by atoms with Gasteiger partial charge in [0.05, 0.1) is 5.02 Å². The van der Waals surface area contributed by atoms with Gasteiger partial charge in [0.15, 0.2) is 0 Å². The summed E-state index contributed by atoms with van der Waals surface area (Å²) in [6.45, 7) is 2.28. The fraction of sp³-hybridized carbons (Fsp3) is 0.545. The molecule has 2 atom stereocenters. The zero-order valence-corrected chi connectivity index (χ0v) is 11.0. The summed E-state index contributed by atoms with van der Waals surface area (Å²) in [6.07, 6.45) is 5.59. The molecular weight excluding hydrogens is 275 g/mol. The molecule has 82 valence electrons. The molecule has 0 aliphatic heterocycles. The van der Waals surface area contributed by atoms with E-state index in [4.69, 9.17) is 11.6 Å². The molecule has 1 N–H and O–H groups in total. The molecular formula is C11H14BrClN2. The van der Waals surface area contributed by atoms with Crippen LogP contribution in [0, 0.1) is 5.92 Å². The molecule has 0 spiro atoms. The van der Waals surface area contributed by atoms with Gasteiger partial charge >= 0.3 is 0 Å². The molecule has 1 heterocycles. The van der Waals surface area contributed by atoms with Gasteiger partial charge in [-0.1, -0.05) is 24.9 Å². The van der Waals surface area contributed by atoms with Crippen molar-refractivity contribution in [3.05, 3.63) is 21.8 Å². The Morgan fingerprint density at radius 3 is 2.93 bits per heavy atom. The lowest BCUT2D eigenvalue weighted by molar-refractivity contribution is 0.555. The van der Waals surface area contributed by atoms with E-state index in [0.717, 1.165) is 10.3 Å². The normalized spacial score (nSPS) is 25.5. The van der Waals surface area contributed by atoms with E-state index in [1.54, 1.807) is 6.20 Å². The number of anilines is 1. The molecule has 0 bridgehead atoms. The van der Waals surface area contributed by atoms with Crippen molar-refractivity contribution in [1.82, 2.24) is 4.98 Å². The second kappa shape index (κ2) is 4.71. The monoisotopic (exact) mass is 288 g/mol. The molecule has 1 aliphatic carbocycles. The van der Waals surface area contributed by atoms with E-state index < -0.39 is 0 Å². The standard InChI is InChI=1S/C11H14BrClN2/c1-7-3-2-4-10(7)15-11-9(13)5-8(12)6-14-11/h5-7,10H,2-4H2,1H3,(H,14,15). The Labute approximate surface area is 104 Å². The van der Waals surface area contributed by atoms with Crippen molar-refractivity contribution in [2.24, 2.45) is 5.92 Å². The molecule has 1 saturated carbocycles. The largest absolute Gasteiger partial charge is 0.366 e. The first-order valence-electron chi connectivity index (χ1n) is 5.24. The fourth-order valence-electron chi connectivity index (χ4n) is 2.06. The molecule has 0 saturated heterocycles. The van der Waals surface area contributed by atoms with Crippen molar-refractivity contribution in [3.63, 3.8) is 0 Å². The summed E-state index contributed by atoms with van der Waals surface area (Å²) in [4.78, 5) is 4.29. The van der Waals surface area contributed by atoms with Gasteiger partial charge in [0, 0.05) is 16.7 Å². The second-order valence-corrected chi connectivity index (χ2v) is 5.47. The van der Waals surface area contributed by atoms with Crippen molar-refractivity contribution >= 4 is 33.3 Å². The minimum absolute atomic E-state index is 0.524. The minimum Gasteiger partial charge on any atom is -0.366 e. The Balaban J connectivity index is 2.10. The molecule has 4 heteroatoms. The number of halogens is 2. The molecule has 15 heavy (non-hydrogen) atoms. The maximum Gasteiger partial charge on any atom is 0.145 e. The number of hydrogen-bond acceptors (Lipinski definition) is 2. The summed E-state index contributed by atoms with van der Waals surface area (Å²) in [5.74, 6) is 1.52. The Bertz CT molecular complexity index is 356. The van der Waals surface area contributed by atoms with Gasteiger partial charge in [-0.15, -0.1) is 0 Å². The third kappa shape index (κ3) is 2.64. The Kier molecular flexibility index (Phi) is 3.52. The SMILES string of the molecule is CC1CCCC1Nc1ncc(Br)cc1Cl. The quantitative estimate of drug-likeness (QED) is 0.886. The first-order chi connectivity index (χ1) is 7.16. The summed E-state index contributed by atoms with van der Waals surface area (Å²) in [5, 5.41) is 4.11. The van der Waals surface area contributed by atoms with E-state index in [1.807, 2.05) is 6.07 Å². The van der Waals surface area contributed by atoms with E-state index in [-0.39, 0.29) is 0 Å². The van der Waals surface area contributed by atoms with Gasteiger partial charge < -0.3 is 5.32 Å². The first kappa shape index (κ1) is 11.2. The van der Waals surface area contributed by atoms with Crippen molar-refractivity contribution in [1.29, 1.82) is 0 Å². The van der Waals surface area contributed by atoms with Crippen LogP contribution in [0.15, 0.2) is 16.7 Å². The first-order valence-corrected chi connectivity index (χ1v) is 6.41. The number of rotatable bonds is 2. The number of pyridine rings is 1. The van der Waals surface area contributed by atoms with Gasteiger partial charge in [0.25, 0.3) is 0 Å². The minimum atomic E-state index is 0.524. The van der Waals surface area contributed by atoms with Gasteiger partial charge in [-0.3, -0.25) is 0 Å². The number of nitrogens with one attached hydrogen (secondary N) is 1. The summed E-state index contributed by atoms with van der Waals surface area (Å²) in [7, 11) is 0. The molecule has 2 rings (SSSR count). The van der Waals surface area contributed by atoms with Crippen LogP contribution in [0.25, 0.3) is 0 Å². The molecule has 0 radical (unpaired) electrons. The lowest BCUT2D eigenvalue weighted by atomic mass is 10.1. The molecule has 2 nitrogen and oxygen atoms in total. The van der Waals surface area contributed by atoms with Crippen LogP contribution in [0.3, 0.4) is 0 Å². The van der Waals surface area contributed by atoms with E-state index in [2.05, 4.69) is 33.2 Å². The van der Waals surface area contributed by atoms with Gasteiger partial charge in [0.2, 0.25) is 0 Å². The highest BCUT2D eigenvalue weighted by Gasteiger charge is 2.23. The van der Waals surface area contributed by atoms with Crippen LogP contribution in [0.5, 0.6) is 0 Å². The average Bonchev–Trinajstić information content (AvgIpc) is 2.57. The van der Waals surface area contributed by atoms with E-state index in [0.29, 0.717) is 17.0 Å². The Hall–Kier alpha value is -0.280. The number of hydrogen-bond donors (Lipinski definition) is 1. The van der Waals surface area contributed by atoms with Crippen molar-refractivity contribution in [3.8, 4) is 0 Å². The second-order valence-electron chi connectivity index (χ2n) is 4.14. The molecule has 0 aromatic carbocycles. The molecule has 1 aliphatic rings. The van der Waals surface area contributed by atoms with Crippen LogP contribution in [0.4, 0.5) is 5.82 Å². The molecule has 1 fully saturated rings. The number of nitrogens with zero attached hydrogens (tertiary/aromatic N) is 1. The molecule has 0 amide bonds. The third-order valence-corrected chi connectivity index (χ3v) is 3.71. The fourth-order valence-corrected chi connectivity index (χ4v) is 2.74. The highest BCUT2D eigenvalue weighted by Crippen LogP contribution is 2.30. The topological polar surface area (TPSA) is 24.9 Å². The predicted molar refractivity (Wildman–Crippen MR) is 67.4 cm³/mol. The van der Waals surface area contributed by atoms with Gasteiger partial charge in [0.1, 0.15) is 5.82 Å². The Morgan fingerprint density at radius 2 is 2.33 bits per heavy atom. The zero-order chi connectivity index (χ0) is 10.8. The zero-order valence-electron chi connectivity index (χ0n) is 8.63. The van der Waals surface area contributed by atoms with Crippen LogP contribution >= 0.6 is 27.5 Å². The molecule has 2 unspecified atom stereocenters. The van der Waals surface area contributed by atoms with E-state index in [9.17, 15) is 0 Å². The van der Waals surface area contributed by atoms with E-state index in [1.165, 1.54) is 19.3 Å². The van der Waals surface area contributed by atoms with Crippen LogP contribution < -0.4 is 5.32 Å². The summed E-state index contributed by atoms with van der Waals surface area (Å²) in [6, 6.07) is 2.40.